The molecule has 0 aromatic carbocycles. The maximum atomic E-state index is 4.52. The molecule has 1 aliphatic heterocycles. The second-order valence-corrected chi connectivity index (χ2v) is 6.58. The lowest BCUT2D eigenvalue weighted by Gasteiger charge is -2.35. The van der Waals surface area contributed by atoms with Crippen LogP contribution in [-0.4, -0.2) is 22.9 Å². The Kier molecular flexibility index (Phi) is 3.90. The van der Waals surface area contributed by atoms with E-state index in [1.165, 1.54) is 12.0 Å². The highest BCUT2D eigenvalue weighted by molar-refractivity contribution is 9.10. The van der Waals surface area contributed by atoms with Gasteiger partial charge in [0.1, 0.15) is 5.82 Å². The average molecular weight is 348 g/mol. The molecule has 0 saturated carbocycles. The highest BCUT2D eigenvalue weighted by Crippen LogP contribution is 2.30. The summed E-state index contributed by atoms with van der Waals surface area (Å²) in [4.78, 5) is 7.44. The maximum absolute atomic E-state index is 4.52. The number of alkyl halides is 1. The van der Waals surface area contributed by atoms with Crippen LogP contribution in [0.15, 0.2) is 16.7 Å². The van der Waals surface area contributed by atoms with E-state index in [0.717, 1.165) is 29.3 Å². The molecule has 0 spiro atoms. The summed E-state index contributed by atoms with van der Waals surface area (Å²) in [5, 5.41) is 0. The van der Waals surface area contributed by atoms with E-state index in [0.29, 0.717) is 4.83 Å². The first-order chi connectivity index (χ1) is 7.58. The largest absolute Gasteiger partial charge is 0.355 e. The molecule has 16 heavy (non-hydrogen) atoms. The molecule has 1 aliphatic rings. The molecule has 2 unspecified atom stereocenters. The zero-order chi connectivity index (χ0) is 11.7. The molecular weight excluding hydrogens is 332 g/mol. The summed E-state index contributed by atoms with van der Waals surface area (Å²) in [6, 6.07) is 2.13. The van der Waals surface area contributed by atoms with E-state index in [1.807, 2.05) is 6.20 Å². The highest BCUT2D eigenvalue weighted by Gasteiger charge is 2.25. The van der Waals surface area contributed by atoms with Gasteiger partial charge >= 0.3 is 0 Å². The first kappa shape index (κ1) is 12.4. The van der Waals surface area contributed by atoms with Gasteiger partial charge in [0.05, 0.1) is 4.47 Å². The van der Waals surface area contributed by atoms with Crippen LogP contribution in [0.5, 0.6) is 0 Å². The van der Waals surface area contributed by atoms with E-state index in [-0.39, 0.29) is 0 Å². The maximum Gasteiger partial charge on any atom is 0.142 e. The van der Waals surface area contributed by atoms with E-state index in [9.17, 15) is 0 Å². The topological polar surface area (TPSA) is 16.1 Å². The van der Waals surface area contributed by atoms with Crippen molar-refractivity contribution in [1.29, 1.82) is 0 Å². The van der Waals surface area contributed by atoms with Crippen molar-refractivity contribution >= 4 is 37.7 Å². The predicted molar refractivity (Wildman–Crippen MR) is 75.4 cm³/mol. The first-order valence-electron chi connectivity index (χ1n) is 5.59. The van der Waals surface area contributed by atoms with Crippen molar-refractivity contribution < 1.29 is 0 Å². The Balaban J connectivity index is 2.18. The Morgan fingerprint density at radius 3 is 2.88 bits per heavy atom. The second kappa shape index (κ2) is 5.05. The number of rotatable bonds is 1. The van der Waals surface area contributed by atoms with Gasteiger partial charge in [0.2, 0.25) is 0 Å². The minimum Gasteiger partial charge on any atom is -0.355 e. The van der Waals surface area contributed by atoms with Crippen LogP contribution in [0.25, 0.3) is 0 Å². The van der Waals surface area contributed by atoms with Gasteiger partial charge in [0, 0.05) is 24.1 Å². The number of anilines is 1. The van der Waals surface area contributed by atoms with Gasteiger partial charge in [-0.15, -0.1) is 0 Å². The molecule has 0 radical (unpaired) electrons. The van der Waals surface area contributed by atoms with Gasteiger partial charge in [0.25, 0.3) is 0 Å². The van der Waals surface area contributed by atoms with Crippen molar-refractivity contribution in [3.63, 3.8) is 0 Å². The van der Waals surface area contributed by atoms with Gasteiger partial charge in [-0.2, -0.15) is 0 Å². The molecule has 0 aliphatic carbocycles. The lowest BCUT2D eigenvalue weighted by atomic mass is 9.99. The molecule has 0 bridgehead atoms. The van der Waals surface area contributed by atoms with E-state index < -0.39 is 0 Å². The third-order valence-electron chi connectivity index (χ3n) is 3.12. The van der Waals surface area contributed by atoms with Crippen LogP contribution in [0.3, 0.4) is 0 Å². The lowest BCUT2D eigenvalue weighted by molar-refractivity contribution is 0.454. The van der Waals surface area contributed by atoms with E-state index in [1.54, 1.807) is 0 Å². The quantitative estimate of drug-likeness (QED) is 0.719. The Hall–Kier alpha value is -0.0900. The average Bonchev–Trinajstić information content (AvgIpc) is 2.22. The third-order valence-corrected chi connectivity index (χ3v) is 4.90. The summed E-state index contributed by atoms with van der Waals surface area (Å²) in [6.07, 6.45) is 3.15. The number of nitrogens with zero attached hydrogens (tertiary/aromatic N) is 2. The van der Waals surface area contributed by atoms with Crippen LogP contribution in [0.4, 0.5) is 5.82 Å². The van der Waals surface area contributed by atoms with Crippen molar-refractivity contribution in [3.05, 3.63) is 22.3 Å². The number of hydrogen-bond acceptors (Lipinski definition) is 2. The van der Waals surface area contributed by atoms with Gasteiger partial charge in [-0.1, -0.05) is 22.9 Å². The molecule has 1 fully saturated rings. The fraction of sp³-hybridized carbons (Fsp3) is 0.583. The SMILES string of the molecule is Cc1cnc(N2CCC(C)C(Br)C2)c(Br)c1. The molecule has 1 aromatic rings. The van der Waals surface area contributed by atoms with Crippen LogP contribution >= 0.6 is 31.9 Å². The van der Waals surface area contributed by atoms with Gasteiger partial charge < -0.3 is 4.90 Å². The number of piperidine rings is 1. The van der Waals surface area contributed by atoms with Crippen molar-refractivity contribution in [2.45, 2.75) is 25.1 Å². The van der Waals surface area contributed by atoms with E-state index in [4.69, 9.17) is 0 Å². The molecule has 1 saturated heterocycles. The molecule has 1 aromatic heterocycles. The summed E-state index contributed by atoms with van der Waals surface area (Å²) in [5.41, 5.74) is 1.19. The van der Waals surface area contributed by atoms with Crippen LogP contribution in [0.1, 0.15) is 18.9 Å². The standard InChI is InChI=1S/C12H16Br2N2/c1-8-5-10(13)12(15-6-8)16-4-3-9(2)11(14)7-16/h5-6,9,11H,3-4,7H2,1-2H3. The fourth-order valence-electron chi connectivity index (χ4n) is 1.97. The second-order valence-electron chi connectivity index (χ2n) is 4.55. The molecule has 0 amide bonds. The Morgan fingerprint density at radius 2 is 2.25 bits per heavy atom. The molecular formula is C12H16Br2N2. The van der Waals surface area contributed by atoms with Gasteiger partial charge in [-0.25, -0.2) is 4.98 Å². The number of halogens is 2. The Labute approximate surface area is 114 Å². The van der Waals surface area contributed by atoms with Crippen molar-refractivity contribution in [2.24, 2.45) is 5.92 Å². The highest BCUT2D eigenvalue weighted by atomic mass is 79.9. The van der Waals surface area contributed by atoms with Crippen molar-refractivity contribution in [2.75, 3.05) is 18.0 Å². The number of aromatic nitrogens is 1. The van der Waals surface area contributed by atoms with Crippen LogP contribution < -0.4 is 4.90 Å². The molecule has 2 heterocycles. The normalized spacial score (nSPS) is 25.9. The molecule has 2 atom stereocenters. The summed E-state index contributed by atoms with van der Waals surface area (Å²) in [7, 11) is 0. The summed E-state index contributed by atoms with van der Waals surface area (Å²) >= 11 is 7.34. The fourth-order valence-corrected chi connectivity index (χ4v) is 3.30. The third kappa shape index (κ3) is 2.59. The summed E-state index contributed by atoms with van der Waals surface area (Å²) in [6.45, 7) is 6.50. The summed E-state index contributed by atoms with van der Waals surface area (Å²) < 4.78 is 1.10. The minimum atomic E-state index is 0.566. The molecule has 4 heteroatoms. The number of pyridine rings is 1. The number of aryl methyl sites for hydroxylation is 1. The van der Waals surface area contributed by atoms with E-state index in [2.05, 4.69) is 61.7 Å². The van der Waals surface area contributed by atoms with Crippen LogP contribution in [0, 0.1) is 12.8 Å². The number of hydrogen-bond donors (Lipinski definition) is 0. The van der Waals surface area contributed by atoms with Gasteiger partial charge in [-0.05, 0) is 46.8 Å². The molecule has 88 valence electrons. The molecule has 2 rings (SSSR count). The Morgan fingerprint density at radius 1 is 1.50 bits per heavy atom. The van der Waals surface area contributed by atoms with E-state index >= 15 is 0 Å². The minimum absolute atomic E-state index is 0.566. The van der Waals surface area contributed by atoms with Crippen LogP contribution in [-0.2, 0) is 0 Å². The van der Waals surface area contributed by atoms with Crippen molar-refractivity contribution in [3.8, 4) is 0 Å². The predicted octanol–water partition coefficient (Wildman–Crippen LogP) is 3.76. The first-order valence-corrected chi connectivity index (χ1v) is 7.30. The zero-order valence-corrected chi connectivity index (χ0v) is 12.8. The molecule has 2 nitrogen and oxygen atoms in total. The van der Waals surface area contributed by atoms with Crippen LogP contribution in [0.2, 0.25) is 0 Å². The van der Waals surface area contributed by atoms with Crippen molar-refractivity contribution in [1.82, 2.24) is 4.98 Å². The zero-order valence-electron chi connectivity index (χ0n) is 9.58. The Bertz CT molecular complexity index is 381. The monoisotopic (exact) mass is 346 g/mol. The summed E-state index contributed by atoms with van der Waals surface area (Å²) in [5.74, 6) is 1.82. The van der Waals surface area contributed by atoms with Gasteiger partial charge in [0.15, 0.2) is 0 Å². The smallest absolute Gasteiger partial charge is 0.142 e. The lowest BCUT2D eigenvalue weighted by Crippen LogP contribution is -2.40. The van der Waals surface area contributed by atoms with Gasteiger partial charge in [-0.3, -0.25) is 0 Å². The molecule has 0 N–H and O–H groups in total.